The Labute approximate surface area is 714 Å². The Balaban J connectivity index is 0.000000260. The van der Waals surface area contributed by atoms with E-state index in [-0.39, 0.29) is 90.4 Å². The van der Waals surface area contributed by atoms with Crippen LogP contribution in [0, 0.1) is 24.3 Å². The van der Waals surface area contributed by atoms with Crippen molar-refractivity contribution in [2.24, 2.45) is 0 Å². The zero-order valence-electron chi connectivity index (χ0n) is 70.3. The molecule has 8 aromatic rings. The average molecular weight is 1770 g/mol. The van der Waals surface area contributed by atoms with Gasteiger partial charge in [0.2, 0.25) is 0 Å². The van der Waals surface area contributed by atoms with Crippen LogP contribution >= 0.6 is 0 Å². The van der Waals surface area contributed by atoms with E-state index in [9.17, 15) is 52.7 Å². The van der Waals surface area contributed by atoms with Gasteiger partial charge in [0, 0.05) is 0 Å². The van der Waals surface area contributed by atoms with Crippen molar-refractivity contribution in [3.05, 3.63) is 305 Å². The number of fused-ring (bicyclic) bond motifs is 6. The third-order valence-corrected chi connectivity index (χ3v) is 22.4. The fraction of sp³-hybridized carbons (Fsp3) is 0.408. The van der Waals surface area contributed by atoms with E-state index in [4.69, 9.17) is 0 Å². The number of benzene rings is 8. The predicted octanol–water partition coefficient (Wildman–Crippen LogP) is 22.8. The molecule has 12 rings (SSSR count). The van der Waals surface area contributed by atoms with Gasteiger partial charge in [0.1, 0.15) is 0 Å². The van der Waals surface area contributed by atoms with E-state index in [0.717, 1.165) is 123 Å². The third kappa shape index (κ3) is 26.0. The van der Waals surface area contributed by atoms with Gasteiger partial charge in [-0.1, -0.05) is 212 Å². The number of halogens is 14. The topological polar surface area (TPSA) is 0 Å². The normalized spacial score (nSPS) is 13.8. The quantitative estimate of drug-likeness (QED) is 0.122. The molecule has 4 aliphatic carbocycles. The summed E-state index contributed by atoms with van der Waals surface area (Å²) in [5.41, 5.74) is 21.7. The van der Waals surface area contributed by atoms with Crippen LogP contribution in [0.2, 0.25) is 0 Å². The number of alkyl halides is 12. The summed E-state index contributed by atoms with van der Waals surface area (Å²) in [4.78, 5) is 0. The van der Waals surface area contributed by atoms with Crippen molar-refractivity contribution >= 4 is 6.41 Å². The Morgan fingerprint density at radius 3 is 0.702 bits per heavy atom. The van der Waals surface area contributed by atoms with Gasteiger partial charge in [-0.15, -0.1) is 46.2 Å². The summed E-state index contributed by atoms with van der Waals surface area (Å²) in [6.45, 7) is 56.0. The van der Waals surface area contributed by atoms with Crippen molar-refractivity contribution in [1.82, 2.24) is 0 Å². The summed E-state index contributed by atoms with van der Waals surface area (Å²) < 4.78 is 153. The molecule has 0 radical (unpaired) electrons. The zero-order chi connectivity index (χ0) is 84.5. The second-order valence-corrected chi connectivity index (χ2v) is 39.9. The summed E-state index contributed by atoms with van der Waals surface area (Å²) >= 11 is 1.46. The monoisotopic (exact) mass is 1760 g/mol. The van der Waals surface area contributed by atoms with Gasteiger partial charge >= 0.3 is 274 Å². The molecule has 0 spiro atoms. The Morgan fingerprint density at radius 2 is 0.518 bits per heavy atom. The molecule has 0 N–H and O–H groups in total. The molecular formula is C98H108Cl2F12Zr2-2. The number of rotatable bonds is 4. The molecule has 8 aromatic carbocycles. The van der Waals surface area contributed by atoms with Gasteiger partial charge in [-0.25, -0.2) is 24.3 Å². The minimum Gasteiger partial charge on any atom is -1.00 e. The molecule has 0 aromatic heterocycles. The molecule has 0 heterocycles. The van der Waals surface area contributed by atoms with E-state index < -0.39 is 47.0 Å². The maximum absolute atomic E-state index is 12.7. The van der Waals surface area contributed by atoms with Crippen molar-refractivity contribution in [1.29, 1.82) is 0 Å². The van der Waals surface area contributed by atoms with Crippen molar-refractivity contribution in [3.8, 4) is 22.3 Å². The van der Waals surface area contributed by atoms with Crippen LogP contribution in [0.25, 0.3) is 22.3 Å². The first-order valence-corrected chi connectivity index (χ1v) is 40.3. The molecule has 0 saturated heterocycles. The molecule has 0 unspecified atom stereocenters. The van der Waals surface area contributed by atoms with Crippen LogP contribution in [0.4, 0.5) is 52.7 Å². The first-order valence-electron chi connectivity index (χ1n) is 37.9. The predicted molar refractivity (Wildman–Crippen MR) is 432 cm³/mol. The first kappa shape index (κ1) is 98.5. The molecule has 608 valence electrons. The minimum absolute atomic E-state index is 0. The summed E-state index contributed by atoms with van der Waals surface area (Å²) in [6.07, 6.45) is 4.07. The molecular weight excluding hydrogens is 1660 g/mol. The maximum atomic E-state index is 12.7. The molecule has 4 aliphatic rings. The van der Waals surface area contributed by atoms with E-state index in [0.29, 0.717) is 6.41 Å². The van der Waals surface area contributed by atoms with E-state index in [1.807, 2.05) is 24.3 Å². The van der Waals surface area contributed by atoms with Crippen LogP contribution in [0.3, 0.4) is 0 Å². The molecule has 16 heteroatoms. The molecule has 0 atom stereocenters. The van der Waals surface area contributed by atoms with Crippen LogP contribution in [0.5, 0.6) is 0 Å². The van der Waals surface area contributed by atoms with Crippen molar-refractivity contribution in [3.63, 3.8) is 0 Å². The molecule has 114 heavy (non-hydrogen) atoms. The summed E-state index contributed by atoms with van der Waals surface area (Å²) in [5.74, 6) is 0. The standard InChI is InChI=1S/2C29H41.2C15H8F6.2C5H5.2ClH.2Zr/c2*1-26(2,3)22-14-18-13-19-15-23(27(4,5)6)25(29(10,11)12)17-21(19)20(18)16-24(22)28(7,8)9;2*16-14(17,18)12-5-1-3-10(8-12)7-11-4-2-6-13(9-11)15(19,20)21;2*1-2-4-5-3-1;;;;/h2*14,16-17H,13H2,1-12H3;2*1-6,8-9H;2*1-3H,4H2;2*1H;;/q2*-1;;;2*-1;;;2*+2/p-2. The van der Waals surface area contributed by atoms with Crippen molar-refractivity contribution in [2.45, 2.75) is 260 Å². The fourth-order valence-electron chi connectivity index (χ4n) is 13.7. The SMILES string of the molecule is CC(C)(C)c1[c-]c2c(cc1C(C)(C)C)-c1cc(C(C)(C)C)c(C(C)(C)C)cc1C2.CC(C)(C)c1[c-]c2c(cc1C(C)(C)C)-c1cc(C(C)(C)C)c(C(C)(C)C)cc1C2.FC(F)(F)c1cccc([C](=[Zr+2])c2cccc(C(F)(F)F)c2)c1.FC(F)(F)c1cccc([C](=[Zr+2])c2cccc(C(F)(F)F)c2)c1.[C-]1=CC=CC1.[C-]1=CC=CC1.[Cl-].[Cl-]. The van der Waals surface area contributed by atoms with E-state index in [2.05, 4.69) is 239 Å². The molecule has 0 fully saturated rings. The number of hydrogen-bond donors (Lipinski definition) is 0. The van der Waals surface area contributed by atoms with Gasteiger partial charge in [-0.3, -0.25) is 12.2 Å². The maximum Gasteiger partial charge on any atom is -0.109 e. The Morgan fingerprint density at radius 1 is 0.289 bits per heavy atom. The van der Waals surface area contributed by atoms with Gasteiger partial charge in [0.15, 0.2) is 0 Å². The Bertz CT molecular complexity index is 4250. The van der Waals surface area contributed by atoms with Gasteiger partial charge in [0.25, 0.3) is 0 Å². The average Bonchev–Trinajstić information content (AvgIpc) is 1.58. The van der Waals surface area contributed by atoms with Gasteiger partial charge in [-0.05, 0) is 78.7 Å². The summed E-state index contributed by atoms with van der Waals surface area (Å²) in [7, 11) is 0. The molecule has 0 saturated carbocycles. The molecule has 0 bridgehead atoms. The fourth-order valence-corrected chi connectivity index (χ4v) is 15.2. The number of hydrogen-bond acceptors (Lipinski definition) is 0. The van der Waals surface area contributed by atoms with E-state index >= 15 is 0 Å². The van der Waals surface area contributed by atoms with Crippen LogP contribution in [0.15, 0.2) is 170 Å². The zero-order valence-corrected chi connectivity index (χ0v) is 76.7. The first-order chi connectivity index (χ1) is 51.0. The Kier molecular flexibility index (Phi) is 32.1. The molecule has 0 aliphatic heterocycles. The van der Waals surface area contributed by atoms with Crippen molar-refractivity contribution in [2.75, 3.05) is 0 Å². The van der Waals surface area contributed by atoms with Gasteiger partial charge < -0.3 is 24.8 Å². The van der Waals surface area contributed by atoms with E-state index in [1.165, 1.54) is 138 Å². The summed E-state index contributed by atoms with van der Waals surface area (Å²) in [6, 6.07) is 41.1. The smallest absolute Gasteiger partial charge is 0.109 e. The Hall–Kier alpha value is -6.03. The second kappa shape index (κ2) is 37.1. The summed E-state index contributed by atoms with van der Waals surface area (Å²) in [5, 5.41) is 0. The van der Waals surface area contributed by atoms with Crippen LogP contribution in [-0.2, 0) is 129 Å². The molecule has 0 amide bonds. The third-order valence-electron chi connectivity index (χ3n) is 19.6. The van der Waals surface area contributed by atoms with E-state index in [1.54, 1.807) is 0 Å². The number of allylic oxidation sites excluding steroid dienone is 8. The van der Waals surface area contributed by atoms with Crippen molar-refractivity contribution < 1.29 is 126 Å². The van der Waals surface area contributed by atoms with Crippen LogP contribution in [0.1, 0.15) is 290 Å². The van der Waals surface area contributed by atoms with Crippen LogP contribution < -0.4 is 24.8 Å². The molecule has 0 nitrogen and oxygen atoms in total. The van der Waals surface area contributed by atoms with Gasteiger partial charge in [0.05, 0.1) is 0 Å². The largest absolute Gasteiger partial charge is 1.00 e. The minimum atomic E-state index is -4.49. The van der Waals surface area contributed by atoms with Gasteiger partial charge in [-0.2, -0.15) is 47.5 Å². The van der Waals surface area contributed by atoms with Crippen LogP contribution in [-0.4, -0.2) is 6.41 Å². The second-order valence-electron chi connectivity index (χ2n) is 37.4.